The van der Waals surface area contributed by atoms with Gasteiger partial charge in [-0.3, -0.25) is 4.79 Å². The van der Waals surface area contributed by atoms with Crippen molar-refractivity contribution in [2.45, 2.75) is 46.1 Å². The van der Waals surface area contributed by atoms with Gasteiger partial charge in [-0.15, -0.1) is 0 Å². The van der Waals surface area contributed by atoms with Crippen molar-refractivity contribution in [1.82, 2.24) is 10.2 Å². The fraction of sp³-hybridized carbons (Fsp3) is 0.476. The summed E-state index contributed by atoms with van der Waals surface area (Å²) in [6.45, 7) is 6.61. The molecular weight excluding hydrogens is 312 g/mol. The van der Waals surface area contributed by atoms with Crippen LogP contribution in [0.25, 0.3) is 0 Å². The van der Waals surface area contributed by atoms with E-state index < -0.39 is 0 Å². The number of aryl methyl sites for hydroxylation is 1. The highest BCUT2D eigenvalue weighted by atomic mass is 16.3. The summed E-state index contributed by atoms with van der Waals surface area (Å²) in [4.78, 5) is 14.5. The van der Waals surface area contributed by atoms with Crippen LogP contribution in [0.4, 0.5) is 0 Å². The van der Waals surface area contributed by atoms with Gasteiger partial charge in [0.2, 0.25) is 5.91 Å². The lowest BCUT2D eigenvalue weighted by Gasteiger charge is -2.22. The Labute approximate surface area is 151 Å². The number of benzene rings is 1. The Morgan fingerprint density at radius 3 is 2.60 bits per heavy atom. The molecular formula is C21H30N2O2. The topological polar surface area (TPSA) is 45.5 Å². The summed E-state index contributed by atoms with van der Waals surface area (Å²) in [5, 5.41) is 3.27. The Kier molecular flexibility index (Phi) is 8.26. The van der Waals surface area contributed by atoms with E-state index in [-0.39, 0.29) is 5.91 Å². The molecule has 0 aliphatic carbocycles. The number of carbonyl (C=O) groups excluding carboxylic acids is 1. The number of nitrogens with zero attached hydrogens (tertiary/aromatic N) is 1. The quantitative estimate of drug-likeness (QED) is 0.629. The molecule has 4 nitrogen and oxygen atoms in total. The molecule has 0 fully saturated rings. The van der Waals surface area contributed by atoms with Gasteiger partial charge in [0.05, 0.1) is 13.1 Å². The minimum Gasteiger partial charge on any atom is -0.464 e. The van der Waals surface area contributed by atoms with Crippen LogP contribution < -0.4 is 5.32 Å². The summed E-state index contributed by atoms with van der Waals surface area (Å²) in [7, 11) is 0. The molecule has 4 heteroatoms. The molecule has 1 N–H and O–H groups in total. The molecule has 136 valence electrons. The molecule has 2 aromatic rings. The molecule has 1 aromatic carbocycles. The van der Waals surface area contributed by atoms with E-state index in [1.807, 2.05) is 42.2 Å². The van der Waals surface area contributed by atoms with E-state index in [1.165, 1.54) is 18.4 Å². The minimum atomic E-state index is 0.126. The Morgan fingerprint density at radius 2 is 1.92 bits per heavy atom. The lowest BCUT2D eigenvalue weighted by atomic mass is 10.1. The highest BCUT2D eigenvalue weighted by molar-refractivity contribution is 5.78. The van der Waals surface area contributed by atoms with Crippen molar-refractivity contribution < 1.29 is 9.21 Å². The van der Waals surface area contributed by atoms with Crippen molar-refractivity contribution in [1.29, 1.82) is 0 Å². The lowest BCUT2D eigenvalue weighted by Crippen LogP contribution is -2.39. The SMILES string of the molecule is CCCCCNCC(=O)N(CCc1ccccc1)Cc1ccc(C)o1. The predicted molar refractivity (Wildman–Crippen MR) is 101 cm³/mol. The largest absolute Gasteiger partial charge is 0.464 e. The number of rotatable bonds is 11. The van der Waals surface area contributed by atoms with Gasteiger partial charge in [0.15, 0.2) is 0 Å². The third kappa shape index (κ3) is 7.14. The van der Waals surface area contributed by atoms with E-state index in [4.69, 9.17) is 4.42 Å². The van der Waals surface area contributed by atoms with E-state index in [0.717, 1.165) is 30.9 Å². The highest BCUT2D eigenvalue weighted by Gasteiger charge is 2.15. The molecule has 0 unspecified atom stereocenters. The Bertz CT molecular complexity index is 622. The summed E-state index contributed by atoms with van der Waals surface area (Å²) in [6.07, 6.45) is 4.36. The predicted octanol–water partition coefficient (Wildman–Crippen LogP) is 3.94. The van der Waals surface area contributed by atoms with Crippen LogP contribution in [0.1, 0.15) is 43.3 Å². The van der Waals surface area contributed by atoms with Gasteiger partial charge in [-0.2, -0.15) is 0 Å². The van der Waals surface area contributed by atoms with Gasteiger partial charge in [-0.25, -0.2) is 0 Å². The highest BCUT2D eigenvalue weighted by Crippen LogP contribution is 2.11. The zero-order valence-electron chi connectivity index (χ0n) is 15.5. The number of furan rings is 1. The first kappa shape index (κ1) is 19.3. The van der Waals surface area contributed by atoms with Crippen LogP contribution in [-0.2, 0) is 17.8 Å². The Morgan fingerprint density at radius 1 is 1.12 bits per heavy atom. The minimum absolute atomic E-state index is 0.126. The van der Waals surface area contributed by atoms with Crippen LogP contribution in [0, 0.1) is 6.92 Å². The van der Waals surface area contributed by atoms with Gasteiger partial charge in [-0.05, 0) is 44.0 Å². The first-order valence-electron chi connectivity index (χ1n) is 9.26. The van der Waals surface area contributed by atoms with Gasteiger partial charge in [0.1, 0.15) is 11.5 Å². The maximum atomic E-state index is 12.6. The maximum absolute atomic E-state index is 12.6. The number of nitrogens with one attached hydrogen (secondary N) is 1. The second-order valence-corrected chi connectivity index (χ2v) is 6.45. The van der Waals surface area contributed by atoms with Crippen molar-refractivity contribution in [2.24, 2.45) is 0 Å². The number of hydrogen-bond donors (Lipinski definition) is 1. The zero-order chi connectivity index (χ0) is 17.9. The van der Waals surface area contributed by atoms with Crippen molar-refractivity contribution >= 4 is 5.91 Å². The molecule has 0 bridgehead atoms. The van der Waals surface area contributed by atoms with Crippen LogP contribution in [0.2, 0.25) is 0 Å². The average molecular weight is 342 g/mol. The molecule has 0 aliphatic heterocycles. The van der Waals surface area contributed by atoms with Crippen LogP contribution in [0.3, 0.4) is 0 Å². The van der Waals surface area contributed by atoms with Crippen LogP contribution in [-0.4, -0.2) is 30.4 Å². The van der Waals surface area contributed by atoms with E-state index in [9.17, 15) is 4.79 Å². The third-order valence-corrected chi connectivity index (χ3v) is 4.24. The Balaban J connectivity index is 1.89. The molecule has 1 aromatic heterocycles. The van der Waals surface area contributed by atoms with Crippen molar-refractivity contribution in [2.75, 3.05) is 19.6 Å². The van der Waals surface area contributed by atoms with Gasteiger partial charge >= 0.3 is 0 Å². The monoisotopic (exact) mass is 342 g/mol. The van der Waals surface area contributed by atoms with Gasteiger partial charge in [0.25, 0.3) is 0 Å². The standard InChI is InChI=1S/C21H30N2O2/c1-3-4-8-14-22-16-21(24)23(17-20-12-11-18(2)25-20)15-13-19-9-6-5-7-10-19/h5-7,9-12,22H,3-4,8,13-17H2,1-2H3. The third-order valence-electron chi connectivity index (χ3n) is 4.24. The molecule has 2 rings (SSSR count). The summed E-state index contributed by atoms with van der Waals surface area (Å²) in [6, 6.07) is 14.2. The smallest absolute Gasteiger partial charge is 0.236 e. The molecule has 25 heavy (non-hydrogen) atoms. The van der Waals surface area contributed by atoms with Crippen LogP contribution in [0.15, 0.2) is 46.9 Å². The normalized spacial score (nSPS) is 10.8. The molecule has 0 aliphatic rings. The fourth-order valence-electron chi connectivity index (χ4n) is 2.77. The van der Waals surface area contributed by atoms with Crippen molar-refractivity contribution in [3.05, 3.63) is 59.5 Å². The Hall–Kier alpha value is -2.07. The number of amides is 1. The maximum Gasteiger partial charge on any atom is 0.236 e. The van der Waals surface area contributed by atoms with E-state index >= 15 is 0 Å². The van der Waals surface area contributed by atoms with Crippen molar-refractivity contribution in [3.63, 3.8) is 0 Å². The summed E-state index contributed by atoms with van der Waals surface area (Å²) in [5.74, 6) is 1.84. The number of carbonyl (C=O) groups is 1. The zero-order valence-corrected chi connectivity index (χ0v) is 15.5. The first-order valence-corrected chi connectivity index (χ1v) is 9.26. The molecule has 0 saturated carbocycles. The number of unbranched alkanes of at least 4 members (excludes halogenated alkanes) is 2. The van der Waals surface area contributed by atoms with Gasteiger partial charge in [-0.1, -0.05) is 50.1 Å². The van der Waals surface area contributed by atoms with Crippen LogP contribution in [0.5, 0.6) is 0 Å². The fourth-order valence-corrected chi connectivity index (χ4v) is 2.77. The second kappa shape index (κ2) is 10.7. The molecule has 0 spiro atoms. The van der Waals surface area contributed by atoms with Crippen molar-refractivity contribution in [3.8, 4) is 0 Å². The van der Waals surface area contributed by atoms with E-state index in [0.29, 0.717) is 19.6 Å². The van der Waals surface area contributed by atoms with E-state index in [1.54, 1.807) is 0 Å². The van der Waals surface area contributed by atoms with Crippen LogP contribution >= 0.6 is 0 Å². The van der Waals surface area contributed by atoms with Gasteiger partial charge in [0, 0.05) is 6.54 Å². The summed E-state index contributed by atoms with van der Waals surface area (Å²) < 4.78 is 5.66. The first-order chi connectivity index (χ1) is 12.2. The van der Waals surface area contributed by atoms with Gasteiger partial charge < -0.3 is 14.6 Å². The lowest BCUT2D eigenvalue weighted by molar-refractivity contribution is -0.131. The summed E-state index contributed by atoms with van der Waals surface area (Å²) in [5.41, 5.74) is 1.24. The molecule has 0 saturated heterocycles. The van der Waals surface area contributed by atoms with E-state index in [2.05, 4.69) is 24.4 Å². The molecule has 0 atom stereocenters. The molecule has 1 heterocycles. The number of hydrogen-bond acceptors (Lipinski definition) is 3. The molecule has 1 amide bonds. The second-order valence-electron chi connectivity index (χ2n) is 6.45. The molecule has 0 radical (unpaired) electrons. The summed E-state index contributed by atoms with van der Waals surface area (Å²) >= 11 is 0. The average Bonchev–Trinajstić information content (AvgIpc) is 3.04.